The van der Waals surface area contributed by atoms with Crippen molar-refractivity contribution in [3.05, 3.63) is 0 Å². The smallest absolute Gasteiger partial charge is 0.192 e. The van der Waals surface area contributed by atoms with Gasteiger partial charge >= 0.3 is 0 Å². The third-order valence-electron chi connectivity index (χ3n) is 3.58. The van der Waals surface area contributed by atoms with Gasteiger partial charge < -0.3 is 9.74 Å². The van der Waals surface area contributed by atoms with Gasteiger partial charge in [0.05, 0.1) is 18.1 Å². The van der Waals surface area contributed by atoms with Crippen LogP contribution in [-0.2, 0) is 4.43 Å². The molecule has 0 radical (unpaired) electrons. The average molecular weight is 226 g/mol. The normalized spacial score (nSPS) is 27.7. The van der Waals surface area contributed by atoms with Crippen LogP contribution in [0.25, 0.3) is 0 Å². The predicted octanol–water partition coefficient (Wildman–Crippen LogP) is 2.12. The van der Waals surface area contributed by atoms with Crippen LogP contribution in [0.2, 0.25) is 18.1 Å². The highest BCUT2D eigenvalue weighted by Gasteiger charge is 2.41. The number of nitriles is 1. The zero-order valence-corrected chi connectivity index (χ0v) is 11.4. The zero-order valence-electron chi connectivity index (χ0n) is 10.4. The molecule has 15 heavy (non-hydrogen) atoms. The molecule has 2 atom stereocenters. The number of hydrogen-bond donors (Lipinski definition) is 1. The van der Waals surface area contributed by atoms with E-state index in [1.54, 1.807) is 0 Å². The SMILES string of the molecule is CC(C)(C)[Si](C)(C)O[C@@H]1CNC[C@@H]1C#N. The van der Waals surface area contributed by atoms with Gasteiger partial charge in [-0.25, -0.2) is 0 Å². The van der Waals surface area contributed by atoms with E-state index in [0.717, 1.165) is 13.1 Å². The van der Waals surface area contributed by atoms with Crippen molar-refractivity contribution < 1.29 is 4.43 Å². The van der Waals surface area contributed by atoms with Crippen molar-refractivity contribution in [1.29, 1.82) is 5.26 Å². The summed E-state index contributed by atoms with van der Waals surface area (Å²) in [5.41, 5.74) is 0. The Kier molecular flexibility index (Phi) is 3.59. The molecule has 4 heteroatoms. The van der Waals surface area contributed by atoms with Gasteiger partial charge in [0.1, 0.15) is 0 Å². The van der Waals surface area contributed by atoms with E-state index in [-0.39, 0.29) is 17.1 Å². The minimum atomic E-state index is -1.72. The van der Waals surface area contributed by atoms with Gasteiger partial charge in [0.25, 0.3) is 0 Å². The molecule has 1 heterocycles. The Labute approximate surface area is 93.9 Å². The second-order valence-corrected chi connectivity index (χ2v) is 10.6. The fourth-order valence-corrected chi connectivity index (χ4v) is 2.82. The van der Waals surface area contributed by atoms with Gasteiger partial charge in [0, 0.05) is 13.1 Å². The summed E-state index contributed by atoms with van der Waals surface area (Å²) >= 11 is 0. The molecule has 0 bridgehead atoms. The molecule has 1 rings (SSSR count). The van der Waals surface area contributed by atoms with E-state index < -0.39 is 8.32 Å². The molecular formula is C11H22N2OSi. The maximum absolute atomic E-state index is 8.98. The lowest BCUT2D eigenvalue weighted by atomic mass is 10.1. The highest BCUT2D eigenvalue weighted by Crippen LogP contribution is 2.38. The third-order valence-corrected chi connectivity index (χ3v) is 8.08. The minimum absolute atomic E-state index is 0.0270. The lowest BCUT2D eigenvalue weighted by molar-refractivity contribution is 0.176. The highest BCUT2D eigenvalue weighted by atomic mass is 28.4. The van der Waals surface area contributed by atoms with Gasteiger partial charge in [-0.05, 0) is 18.1 Å². The first-order chi connectivity index (χ1) is 6.78. The van der Waals surface area contributed by atoms with Gasteiger partial charge in [-0.1, -0.05) is 20.8 Å². The van der Waals surface area contributed by atoms with E-state index in [1.807, 2.05) is 0 Å². The number of nitrogens with one attached hydrogen (secondary N) is 1. The Hall–Kier alpha value is -0.373. The van der Waals surface area contributed by atoms with Crippen LogP contribution in [0, 0.1) is 17.2 Å². The summed E-state index contributed by atoms with van der Waals surface area (Å²) in [6, 6.07) is 2.32. The zero-order chi connectivity index (χ0) is 11.7. The maximum Gasteiger partial charge on any atom is 0.192 e. The molecule has 0 aromatic rings. The van der Waals surface area contributed by atoms with Gasteiger partial charge in [0.15, 0.2) is 8.32 Å². The van der Waals surface area contributed by atoms with E-state index in [9.17, 15) is 0 Å². The summed E-state index contributed by atoms with van der Waals surface area (Å²) in [6.45, 7) is 12.7. The Morgan fingerprint density at radius 3 is 2.40 bits per heavy atom. The third kappa shape index (κ3) is 2.80. The summed E-state index contributed by atoms with van der Waals surface area (Å²) < 4.78 is 6.22. The van der Waals surface area contributed by atoms with Crippen molar-refractivity contribution >= 4 is 8.32 Å². The van der Waals surface area contributed by atoms with Crippen LogP contribution in [0.3, 0.4) is 0 Å². The van der Waals surface area contributed by atoms with Crippen LogP contribution in [0.15, 0.2) is 0 Å². The first-order valence-electron chi connectivity index (χ1n) is 5.56. The highest BCUT2D eigenvalue weighted by molar-refractivity contribution is 6.74. The van der Waals surface area contributed by atoms with Crippen LogP contribution >= 0.6 is 0 Å². The molecule has 0 aromatic carbocycles. The molecule has 1 saturated heterocycles. The van der Waals surface area contributed by atoms with Crippen molar-refractivity contribution in [2.75, 3.05) is 13.1 Å². The van der Waals surface area contributed by atoms with Gasteiger partial charge in [-0.2, -0.15) is 5.26 Å². The number of hydrogen-bond acceptors (Lipinski definition) is 3. The summed E-state index contributed by atoms with van der Waals surface area (Å²) in [5, 5.41) is 12.4. The molecule has 3 nitrogen and oxygen atoms in total. The van der Waals surface area contributed by atoms with Gasteiger partial charge in [-0.3, -0.25) is 0 Å². The van der Waals surface area contributed by atoms with Gasteiger partial charge in [-0.15, -0.1) is 0 Å². The summed E-state index contributed by atoms with van der Waals surface area (Å²) in [7, 11) is -1.72. The number of rotatable bonds is 2. The van der Waals surface area contributed by atoms with Gasteiger partial charge in [0.2, 0.25) is 0 Å². The van der Waals surface area contributed by atoms with Crippen LogP contribution in [-0.4, -0.2) is 27.5 Å². The minimum Gasteiger partial charge on any atom is -0.411 e. The number of nitrogens with zero attached hydrogens (tertiary/aromatic N) is 1. The van der Waals surface area contributed by atoms with Crippen LogP contribution in [0.5, 0.6) is 0 Å². The fourth-order valence-electron chi connectivity index (χ4n) is 1.46. The largest absolute Gasteiger partial charge is 0.411 e. The summed E-state index contributed by atoms with van der Waals surface area (Å²) in [5.74, 6) is 0.0270. The molecule has 0 aromatic heterocycles. The second-order valence-electron chi connectivity index (χ2n) is 5.81. The fraction of sp³-hybridized carbons (Fsp3) is 0.909. The second kappa shape index (κ2) is 4.24. The standard InChI is InChI=1S/C11H22N2OSi/c1-11(2,3)15(4,5)14-10-8-13-7-9(10)6-12/h9-10,13H,7-8H2,1-5H3/t9-,10+/m0/s1. The monoisotopic (exact) mass is 226 g/mol. The quantitative estimate of drug-likeness (QED) is 0.734. The van der Waals surface area contributed by atoms with Crippen molar-refractivity contribution in [3.63, 3.8) is 0 Å². The van der Waals surface area contributed by atoms with E-state index in [0.29, 0.717) is 0 Å². The topological polar surface area (TPSA) is 45.0 Å². The van der Waals surface area contributed by atoms with Crippen LogP contribution in [0.4, 0.5) is 0 Å². The Balaban J connectivity index is 2.66. The molecule has 0 spiro atoms. The van der Waals surface area contributed by atoms with E-state index >= 15 is 0 Å². The molecule has 0 aliphatic carbocycles. The molecule has 0 unspecified atom stereocenters. The lowest BCUT2D eigenvalue weighted by Gasteiger charge is -2.38. The molecule has 1 fully saturated rings. The first-order valence-corrected chi connectivity index (χ1v) is 8.47. The van der Waals surface area contributed by atoms with Crippen molar-refractivity contribution in [2.45, 2.75) is 45.0 Å². The summed E-state index contributed by atoms with van der Waals surface area (Å²) in [6.07, 6.45) is 0.0934. The molecule has 0 amide bonds. The molecule has 86 valence electrons. The summed E-state index contributed by atoms with van der Waals surface area (Å²) in [4.78, 5) is 0. The molecular weight excluding hydrogens is 204 g/mol. The van der Waals surface area contributed by atoms with Crippen LogP contribution in [0.1, 0.15) is 20.8 Å². The first kappa shape index (κ1) is 12.7. The van der Waals surface area contributed by atoms with E-state index in [4.69, 9.17) is 9.69 Å². The molecule has 1 N–H and O–H groups in total. The molecule has 1 aliphatic rings. The van der Waals surface area contributed by atoms with Crippen molar-refractivity contribution in [2.24, 2.45) is 5.92 Å². The van der Waals surface area contributed by atoms with Crippen molar-refractivity contribution in [3.8, 4) is 6.07 Å². The molecule has 1 aliphatic heterocycles. The maximum atomic E-state index is 8.98. The predicted molar refractivity (Wildman–Crippen MR) is 64.0 cm³/mol. The average Bonchev–Trinajstić information content (AvgIpc) is 2.48. The van der Waals surface area contributed by atoms with E-state index in [1.165, 1.54) is 0 Å². The van der Waals surface area contributed by atoms with Crippen LogP contribution < -0.4 is 5.32 Å². The Bertz CT molecular complexity index is 265. The molecule has 0 saturated carbocycles. The Morgan fingerprint density at radius 2 is 1.93 bits per heavy atom. The van der Waals surface area contributed by atoms with Crippen molar-refractivity contribution in [1.82, 2.24) is 5.32 Å². The lowest BCUT2D eigenvalue weighted by Crippen LogP contribution is -2.45. The van der Waals surface area contributed by atoms with E-state index in [2.05, 4.69) is 45.3 Å². The Morgan fingerprint density at radius 1 is 1.33 bits per heavy atom.